The normalized spacial score (nSPS) is 11.0. The highest BCUT2D eigenvalue weighted by atomic mass is 32.2. The van der Waals surface area contributed by atoms with Crippen LogP contribution in [-0.2, 0) is 4.79 Å². The van der Waals surface area contributed by atoms with Gasteiger partial charge in [0.15, 0.2) is 5.16 Å². The Bertz CT molecular complexity index is 649. The zero-order chi connectivity index (χ0) is 16.1. The maximum Gasteiger partial charge on any atom is 0.230 e. The Morgan fingerprint density at radius 2 is 2.14 bits per heavy atom. The molecule has 0 saturated heterocycles. The highest BCUT2D eigenvalue weighted by Crippen LogP contribution is 2.23. The first-order valence-electron chi connectivity index (χ1n) is 7.48. The first-order valence-corrected chi connectivity index (χ1v) is 8.46. The van der Waals surface area contributed by atoms with E-state index in [-0.39, 0.29) is 5.91 Å². The van der Waals surface area contributed by atoms with Crippen molar-refractivity contribution >= 4 is 17.7 Å². The van der Waals surface area contributed by atoms with Crippen molar-refractivity contribution in [1.82, 2.24) is 14.9 Å². The van der Waals surface area contributed by atoms with Crippen LogP contribution in [-0.4, -0.2) is 27.8 Å². The van der Waals surface area contributed by atoms with Crippen LogP contribution in [0.15, 0.2) is 35.7 Å². The third-order valence-electron chi connectivity index (χ3n) is 3.26. The molecule has 2 aromatic rings. The van der Waals surface area contributed by atoms with Crippen molar-refractivity contribution in [2.75, 3.05) is 12.3 Å². The molecule has 0 aliphatic heterocycles. The van der Waals surface area contributed by atoms with Crippen molar-refractivity contribution in [3.8, 4) is 5.69 Å². The number of carbonyl (C=O) groups excluding carboxylic acids is 1. The molecule has 1 N–H and O–H groups in total. The summed E-state index contributed by atoms with van der Waals surface area (Å²) < 4.78 is 2.04. The quantitative estimate of drug-likeness (QED) is 0.831. The molecule has 22 heavy (non-hydrogen) atoms. The van der Waals surface area contributed by atoms with Gasteiger partial charge in [-0.25, -0.2) is 4.98 Å². The molecular weight excluding hydrogens is 294 g/mol. The molecule has 118 valence electrons. The van der Waals surface area contributed by atoms with E-state index < -0.39 is 0 Å². The van der Waals surface area contributed by atoms with E-state index in [9.17, 15) is 4.79 Å². The molecule has 2 rings (SSSR count). The predicted molar refractivity (Wildman–Crippen MR) is 91.6 cm³/mol. The number of aryl methyl sites for hydroxylation is 2. The van der Waals surface area contributed by atoms with Gasteiger partial charge in [-0.15, -0.1) is 0 Å². The number of rotatable bonds is 6. The average Bonchev–Trinajstić information content (AvgIpc) is 2.91. The zero-order valence-corrected chi connectivity index (χ0v) is 14.4. The predicted octanol–water partition coefficient (Wildman–Crippen LogP) is 3.35. The number of imidazole rings is 1. The molecule has 0 saturated carbocycles. The highest BCUT2D eigenvalue weighted by Gasteiger charge is 2.10. The highest BCUT2D eigenvalue weighted by molar-refractivity contribution is 7.99. The number of nitrogens with zero attached hydrogens (tertiary/aromatic N) is 2. The molecule has 0 unspecified atom stereocenters. The molecule has 0 bridgehead atoms. The number of hydrogen-bond donors (Lipinski definition) is 1. The average molecular weight is 317 g/mol. The summed E-state index contributed by atoms with van der Waals surface area (Å²) in [6.07, 6.45) is 3.71. The van der Waals surface area contributed by atoms with E-state index in [1.807, 2.05) is 10.8 Å². The second-order valence-electron chi connectivity index (χ2n) is 5.86. The summed E-state index contributed by atoms with van der Waals surface area (Å²) in [4.78, 5) is 16.2. The van der Waals surface area contributed by atoms with Crippen LogP contribution in [0.25, 0.3) is 5.69 Å². The molecular formula is C17H23N3OS. The fourth-order valence-corrected chi connectivity index (χ4v) is 2.95. The Morgan fingerprint density at radius 3 is 2.82 bits per heavy atom. The molecule has 1 amide bonds. The monoisotopic (exact) mass is 317 g/mol. The van der Waals surface area contributed by atoms with Gasteiger partial charge in [-0.3, -0.25) is 9.36 Å². The van der Waals surface area contributed by atoms with Gasteiger partial charge in [0.05, 0.1) is 11.4 Å². The molecule has 0 spiro atoms. The lowest BCUT2D eigenvalue weighted by atomic mass is 10.1. The summed E-state index contributed by atoms with van der Waals surface area (Å²) in [7, 11) is 0. The van der Waals surface area contributed by atoms with Gasteiger partial charge < -0.3 is 5.32 Å². The molecule has 1 aromatic heterocycles. The van der Waals surface area contributed by atoms with Crippen LogP contribution < -0.4 is 5.32 Å². The SMILES string of the molecule is Cc1ccc(-n2ccnc2SCC(=O)NCC(C)C)c(C)c1. The number of amides is 1. The maximum absolute atomic E-state index is 11.8. The van der Waals surface area contributed by atoms with E-state index in [1.54, 1.807) is 6.20 Å². The summed E-state index contributed by atoms with van der Waals surface area (Å²) in [5.41, 5.74) is 3.54. The summed E-state index contributed by atoms with van der Waals surface area (Å²) in [5.74, 6) is 0.897. The van der Waals surface area contributed by atoms with E-state index in [4.69, 9.17) is 0 Å². The van der Waals surface area contributed by atoms with Crippen LogP contribution in [0.2, 0.25) is 0 Å². The lowest BCUT2D eigenvalue weighted by molar-refractivity contribution is -0.118. The van der Waals surface area contributed by atoms with Crippen LogP contribution in [0.4, 0.5) is 0 Å². The van der Waals surface area contributed by atoms with Crippen LogP contribution >= 0.6 is 11.8 Å². The van der Waals surface area contributed by atoms with Gasteiger partial charge in [-0.1, -0.05) is 43.3 Å². The Hall–Kier alpha value is -1.75. The van der Waals surface area contributed by atoms with Gasteiger partial charge in [-0.05, 0) is 31.4 Å². The van der Waals surface area contributed by atoms with Gasteiger partial charge in [0.1, 0.15) is 0 Å². The van der Waals surface area contributed by atoms with E-state index >= 15 is 0 Å². The topological polar surface area (TPSA) is 46.9 Å². The van der Waals surface area contributed by atoms with Crippen LogP contribution in [0.1, 0.15) is 25.0 Å². The van der Waals surface area contributed by atoms with Crippen LogP contribution in [0.3, 0.4) is 0 Å². The van der Waals surface area contributed by atoms with E-state index in [0.29, 0.717) is 18.2 Å². The van der Waals surface area contributed by atoms with E-state index in [2.05, 4.69) is 56.2 Å². The number of thioether (sulfide) groups is 1. The van der Waals surface area contributed by atoms with Crippen molar-refractivity contribution in [2.24, 2.45) is 5.92 Å². The minimum absolute atomic E-state index is 0.0499. The minimum Gasteiger partial charge on any atom is -0.355 e. The molecule has 5 heteroatoms. The second kappa shape index (κ2) is 7.49. The van der Waals surface area contributed by atoms with E-state index in [1.165, 1.54) is 22.9 Å². The molecule has 0 atom stereocenters. The Labute approximate surface area is 136 Å². The molecule has 0 aliphatic carbocycles. The molecule has 4 nitrogen and oxygen atoms in total. The number of hydrogen-bond acceptors (Lipinski definition) is 3. The van der Waals surface area contributed by atoms with Gasteiger partial charge in [0, 0.05) is 18.9 Å². The largest absolute Gasteiger partial charge is 0.355 e. The van der Waals surface area contributed by atoms with Gasteiger partial charge in [-0.2, -0.15) is 0 Å². The number of nitrogens with one attached hydrogen (secondary N) is 1. The van der Waals surface area contributed by atoms with Crippen molar-refractivity contribution < 1.29 is 4.79 Å². The van der Waals surface area contributed by atoms with E-state index in [0.717, 1.165) is 10.8 Å². The molecule has 0 fully saturated rings. The zero-order valence-electron chi connectivity index (χ0n) is 13.6. The first kappa shape index (κ1) is 16.6. The van der Waals surface area contributed by atoms with Crippen LogP contribution in [0.5, 0.6) is 0 Å². The Morgan fingerprint density at radius 1 is 1.36 bits per heavy atom. The molecule has 1 aromatic carbocycles. The minimum atomic E-state index is 0.0499. The Balaban J connectivity index is 2.05. The van der Waals surface area contributed by atoms with Crippen molar-refractivity contribution in [1.29, 1.82) is 0 Å². The fourth-order valence-electron chi connectivity index (χ4n) is 2.15. The summed E-state index contributed by atoms with van der Waals surface area (Å²) in [6.45, 7) is 9.05. The summed E-state index contributed by atoms with van der Waals surface area (Å²) >= 11 is 1.46. The molecule has 1 heterocycles. The second-order valence-corrected chi connectivity index (χ2v) is 6.80. The third-order valence-corrected chi connectivity index (χ3v) is 4.23. The standard InChI is InChI=1S/C17H23N3OS/c1-12(2)10-19-16(21)11-22-17-18-7-8-20(17)15-6-5-13(3)9-14(15)4/h5-9,12H,10-11H2,1-4H3,(H,19,21). The van der Waals surface area contributed by atoms with Crippen molar-refractivity contribution in [3.63, 3.8) is 0 Å². The number of aromatic nitrogens is 2. The smallest absolute Gasteiger partial charge is 0.230 e. The van der Waals surface area contributed by atoms with Crippen molar-refractivity contribution in [2.45, 2.75) is 32.9 Å². The third kappa shape index (κ3) is 4.37. The van der Waals surface area contributed by atoms with Gasteiger partial charge >= 0.3 is 0 Å². The van der Waals surface area contributed by atoms with Crippen molar-refractivity contribution in [3.05, 3.63) is 41.7 Å². The fraction of sp³-hybridized carbons (Fsp3) is 0.412. The lowest BCUT2D eigenvalue weighted by Gasteiger charge is -2.11. The lowest BCUT2D eigenvalue weighted by Crippen LogP contribution is -2.28. The maximum atomic E-state index is 11.8. The Kier molecular flexibility index (Phi) is 5.66. The van der Waals surface area contributed by atoms with Gasteiger partial charge in [0.2, 0.25) is 5.91 Å². The number of carbonyl (C=O) groups is 1. The number of benzene rings is 1. The first-order chi connectivity index (χ1) is 10.5. The molecule has 0 aliphatic rings. The summed E-state index contributed by atoms with van der Waals surface area (Å²) in [6, 6.07) is 6.33. The van der Waals surface area contributed by atoms with Gasteiger partial charge in [0.25, 0.3) is 0 Å². The van der Waals surface area contributed by atoms with Crippen LogP contribution in [0, 0.1) is 19.8 Å². The summed E-state index contributed by atoms with van der Waals surface area (Å²) in [5, 5.41) is 3.77. The molecule has 0 radical (unpaired) electrons.